The van der Waals surface area contributed by atoms with Crippen LogP contribution in [0.3, 0.4) is 0 Å². The Morgan fingerprint density at radius 3 is 1.71 bits per heavy atom. The van der Waals surface area contributed by atoms with Gasteiger partial charge in [-0.15, -0.1) is 13.2 Å². The molecule has 0 aromatic heterocycles. The maximum absolute atomic E-state index is 4.17. The summed E-state index contributed by atoms with van der Waals surface area (Å²) in [6.07, 6.45) is 6.05. The summed E-state index contributed by atoms with van der Waals surface area (Å²) < 4.78 is 0. The summed E-state index contributed by atoms with van der Waals surface area (Å²) in [6, 6.07) is 12.0. The van der Waals surface area contributed by atoms with Crippen molar-refractivity contribution >= 4 is 5.71 Å². The molecule has 0 aliphatic carbocycles. The van der Waals surface area contributed by atoms with Crippen LogP contribution >= 0.6 is 0 Å². The molecule has 0 radical (unpaired) electrons. The lowest BCUT2D eigenvalue weighted by molar-refractivity contribution is 1.20. The molecule has 0 atom stereocenters. The molecule has 1 nitrogen and oxygen atoms in total. The highest BCUT2D eigenvalue weighted by atomic mass is 14.7. The molecular formula is C16H25N. The summed E-state index contributed by atoms with van der Waals surface area (Å²) in [5.74, 6) is 0. The van der Waals surface area contributed by atoms with E-state index >= 15 is 0 Å². The summed E-state index contributed by atoms with van der Waals surface area (Å²) in [5.41, 5.74) is 1.19. The number of hydrogen-bond donors (Lipinski definition) is 0. The number of allylic oxidation sites excluding steroid dienone is 1. The first-order valence-corrected chi connectivity index (χ1v) is 5.99. The van der Waals surface area contributed by atoms with Crippen LogP contribution < -0.4 is 0 Å². The lowest BCUT2D eigenvalue weighted by Crippen LogP contribution is -1.83. The van der Waals surface area contributed by atoms with Gasteiger partial charge < -0.3 is 0 Å². The Hall–Kier alpha value is -1.63. The lowest BCUT2D eigenvalue weighted by atomic mass is 10.3. The quantitative estimate of drug-likeness (QED) is 0.496. The minimum Gasteiger partial charge on any atom is -0.266 e. The molecule has 17 heavy (non-hydrogen) atoms. The Morgan fingerprint density at radius 1 is 1.00 bits per heavy atom. The summed E-state index contributed by atoms with van der Waals surface area (Å²) in [4.78, 5) is 4.17. The van der Waals surface area contributed by atoms with E-state index in [1.165, 1.54) is 5.71 Å². The Morgan fingerprint density at radius 2 is 1.41 bits per heavy atom. The topological polar surface area (TPSA) is 12.4 Å². The molecule has 0 bridgehead atoms. The van der Waals surface area contributed by atoms with Gasteiger partial charge in [0, 0.05) is 11.9 Å². The van der Waals surface area contributed by atoms with Gasteiger partial charge in [0.25, 0.3) is 0 Å². The van der Waals surface area contributed by atoms with Crippen LogP contribution in [-0.4, -0.2) is 5.71 Å². The van der Waals surface area contributed by atoms with Crippen LogP contribution in [0.4, 0.5) is 0 Å². The highest BCUT2D eigenvalue weighted by Crippen LogP contribution is 1.86. The zero-order chi connectivity index (χ0) is 13.4. The molecule has 94 valence electrons. The molecule has 0 spiro atoms. The number of rotatable bonds is 3. The van der Waals surface area contributed by atoms with E-state index in [4.69, 9.17) is 0 Å². The van der Waals surface area contributed by atoms with Crippen LogP contribution in [0.25, 0.3) is 0 Å². The zero-order valence-corrected chi connectivity index (χ0v) is 11.4. The van der Waals surface area contributed by atoms with Crippen molar-refractivity contribution in [2.75, 3.05) is 0 Å². The molecule has 0 saturated carbocycles. The number of benzene rings is 1. The Labute approximate surface area is 107 Å². The number of hydrogen-bond acceptors (Lipinski definition) is 1. The minimum atomic E-state index is 1.05. The van der Waals surface area contributed by atoms with Gasteiger partial charge in [0.2, 0.25) is 0 Å². The molecule has 0 unspecified atom stereocenters. The smallest absolute Gasteiger partial charge is 0.0227 e. The third-order valence-electron chi connectivity index (χ3n) is 1.81. The van der Waals surface area contributed by atoms with E-state index in [0.717, 1.165) is 12.8 Å². The first-order valence-electron chi connectivity index (χ1n) is 5.99. The minimum absolute atomic E-state index is 1.05. The van der Waals surface area contributed by atoms with Crippen molar-refractivity contribution < 1.29 is 0 Å². The fraction of sp³-hybridized carbons (Fsp3) is 0.312. The fourth-order valence-electron chi connectivity index (χ4n) is 0.762. The van der Waals surface area contributed by atoms with Gasteiger partial charge in [0.1, 0.15) is 0 Å². The largest absolute Gasteiger partial charge is 0.266 e. The van der Waals surface area contributed by atoms with E-state index in [1.54, 1.807) is 0 Å². The van der Waals surface area contributed by atoms with Gasteiger partial charge in [-0.2, -0.15) is 0 Å². The number of nitrogens with zero attached hydrogens (tertiary/aromatic N) is 1. The maximum Gasteiger partial charge on any atom is 0.0227 e. The van der Waals surface area contributed by atoms with E-state index in [1.807, 2.05) is 49.5 Å². The number of aliphatic imine (C=N–C) groups is 1. The van der Waals surface area contributed by atoms with Gasteiger partial charge in [-0.1, -0.05) is 56.3 Å². The van der Waals surface area contributed by atoms with Crippen LogP contribution in [-0.2, 0) is 0 Å². The van der Waals surface area contributed by atoms with E-state index in [0.29, 0.717) is 0 Å². The highest BCUT2D eigenvalue weighted by molar-refractivity contribution is 5.82. The molecule has 0 saturated heterocycles. The van der Waals surface area contributed by atoms with Crippen molar-refractivity contribution in [2.45, 2.75) is 33.6 Å². The highest BCUT2D eigenvalue weighted by Gasteiger charge is 1.78. The van der Waals surface area contributed by atoms with Crippen LogP contribution in [0.5, 0.6) is 0 Å². The van der Waals surface area contributed by atoms with Gasteiger partial charge in [-0.25, -0.2) is 0 Å². The molecule has 1 rings (SSSR count). The fourth-order valence-corrected chi connectivity index (χ4v) is 0.762. The van der Waals surface area contributed by atoms with Crippen molar-refractivity contribution in [3.8, 4) is 0 Å². The Bertz CT molecular complexity index is 259. The molecule has 0 aliphatic rings. The van der Waals surface area contributed by atoms with Crippen LogP contribution in [0, 0.1) is 0 Å². The molecule has 0 fully saturated rings. The first kappa shape index (κ1) is 17.8. The molecule has 0 aliphatic heterocycles. The molecule has 1 heteroatoms. The summed E-state index contributed by atoms with van der Waals surface area (Å²) in [6.45, 7) is 12.3. The van der Waals surface area contributed by atoms with Crippen LogP contribution in [0.2, 0.25) is 0 Å². The van der Waals surface area contributed by atoms with Crippen LogP contribution in [0.1, 0.15) is 33.6 Å². The second-order valence-corrected chi connectivity index (χ2v) is 3.17. The average molecular weight is 231 g/mol. The first-order chi connectivity index (χ1) is 8.31. The summed E-state index contributed by atoms with van der Waals surface area (Å²) in [5, 5.41) is 0. The molecule has 0 heterocycles. The monoisotopic (exact) mass is 231 g/mol. The second kappa shape index (κ2) is 16.8. The SMILES string of the molecule is C=C.CC/C=C\N=C(C)CC.c1ccccc1. The standard InChI is InChI=1S/C8H15N.C6H6.C2H4/c1-4-6-7-9-8(3)5-2;1-2-4-6-5-3-1;1-2/h6-7H,4-5H2,1-3H3;1-6H;1-2H2/b7-6-,9-8?;;. The van der Waals surface area contributed by atoms with Gasteiger partial charge >= 0.3 is 0 Å². The predicted molar refractivity (Wildman–Crippen MR) is 80.5 cm³/mol. The van der Waals surface area contributed by atoms with Crippen molar-refractivity contribution in [3.63, 3.8) is 0 Å². The molecular weight excluding hydrogens is 206 g/mol. The van der Waals surface area contributed by atoms with Gasteiger partial charge in [-0.3, -0.25) is 4.99 Å². The Balaban J connectivity index is 0. The Kier molecular flexibility index (Phi) is 17.5. The van der Waals surface area contributed by atoms with Crippen molar-refractivity contribution in [1.82, 2.24) is 0 Å². The van der Waals surface area contributed by atoms with E-state index in [9.17, 15) is 0 Å². The zero-order valence-electron chi connectivity index (χ0n) is 11.4. The second-order valence-electron chi connectivity index (χ2n) is 3.17. The summed E-state index contributed by atoms with van der Waals surface area (Å²) >= 11 is 0. The lowest BCUT2D eigenvalue weighted by Gasteiger charge is -1.87. The van der Waals surface area contributed by atoms with E-state index < -0.39 is 0 Å². The third-order valence-corrected chi connectivity index (χ3v) is 1.81. The van der Waals surface area contributed by atoms with Crippen molar-refractivity contribution in [2.24, 2.45) is 4.99 Å². The summed E-state index contributed by atoms with van der Waals surface area (Å²) in [7, 11) is 0. The van der Waals surface area contributed by atoms with Crippen LogP contribution in [0.15, 0.2) is 66.8 Å². The van der Waals surface area contributed by atoms with Gasteiger partial charge in [0.15, 0.2) is 0 Å². The molecule has 0 amide bonds. The molecule has 1 aromatic rings. The van der Waals surface area contributed by atoms with Gasteiger partial charge in [0.05, 0.1) is 0 Å². The average Bonchev–Trinajstić information content (AvgIpc) is 2.44. The van der Waals surface area contributed by atoms with Gasteiger partial charge in [-0.05, 0) is 19.8 Å². The van der Waals surface area contributed by atoms with E-state index in [-0.39, 0.29) is 0 Å². The third kappa shape index (κ3) is 17.0. The normalized spacial score (nSPS) is 9.94. The van der Waals surface area contributed by atoms with E-state index in [2.05, 4.69) is 38.1 Å². The van der Waals surface area contributed by atoms with Crippen molar-refractivity contribution in [3.05, 3.63) is 61.8 Å². The van der Waals surface area contributed by atoms with Crippen molar-refractivity contribution in [1.29, 1.82) is 0 Å². The molecule has 0 N–H and O–H groups in total. The molecule has 1 aromatic carbocycles. The maximum atomic E-state index is 4.17. The predicted octanol–water partition coefficient (Wildman–Crippen LogP) is 5.27.